The number of ether oxygens (including phenoxy) is 1. The average molecular weight is 205 g/mol. The molecule has 0 bridgehead atoms. The first kappa shape index (κ1) is 8.73. The highest BCUT2D eigenvalue weighted by Crippen LogP contribution is 2.32. The molecule has 0 aliphatic carbocycles. The van der Waals surface area contributed by atoms with E-state index in [1.54, 1.807) is 18.2 Å². The Labute approximate surface area is 87.1 Å². The molecule has 0 radical (unpaired) electrons. The number of hydrogen-bond acceptors (Lipinski definition) is 4. The van der Waals surface area contributed by atoms with E-state index in [9.17, 15) is 5.11 Å². The molecule has 0 saturated carbocycles. The Kier molecular flexibility index (Phi) is 1.89. The van der Waals surface area contributed by atoms with Gasteiger partial charge in [-0.05, 0) is 18.6 Å². The van der Waals surface area contributed by atoms with E-state index in [1.165, 1.54) is 0 Å². The molecule has 1 N–H and O–H groups in total. The van der Waals surface area contributed by atoms with Crippen LogP contribution in [0, 0.1) is 5.92 Å². The van der Waals surface area contributed by atoms with Gasteiger partial charge >= 0.3 is 0 Å². The second-order valence-corrected chi connectivity index (χ2v) is 3.77. The highest BCUT2D eigenvalue weighted by molar-refractivity contribution is 6.03. The number of oxime groups is 1. The minimum Gasteiger partial charge on any atom is -0.508 e. The molecule has 3 rings (SSSR count). The standard InChI is InChI=1S/C11H11NO3/c13-8-3-1-2-7(6-8)10-9-4-5-14-11(9)15-12-10/h1-3,6,9,11,13H,4-5H2. The third-order valence-corrected chi connectivity index (χ3v) is 2.79. The number of benzene rings is 1. The summed E-state index contributed by atoms with van der Waals surface area (Å²) in [6.45, 7) is 0.715. The Bertz CT molecular complexity index is 416. The minimum atomic E-state index is -0.220. The molecule has 0 aromatic heterocycles. The molecule has 4 nitrogen and oxygen atoms in total. The average Bonchev–Trinajstić information content (AvgIpc) is 2.77. The van der Waals surface area contributed by atoms with Crippen LogP contribution >= 0.6 is 0 Å². The molecule has 2 heterocycles. The predicted molar refractivity (Wildman–Crippen MR) is 53.6 cm³/mol. The summed E-state index contributed by atoms with van der Waals surface area (Å²) in [7, 11) is 0. The van der Waals surface area contributed by atoms with E-state index in [1.807, 2.05) is 6.07 Å². The van der Waals surface area contributed by atoms with Crippen LogP contribution in [0.25, 0.3) is 0 Å². The van der Waals surface area contributed by atoms with Crippen LogP contribution in [0.1, 0.15) is 12.0 Å². The van der Waals surface area contributed by atoms with Crippen LogP contribution in [-0.2, 0) is 9.57 Å². The van der Waals surface area contributed by atoms with Gasteiger partial charge in [-0.15, -0.1) is 0 Å². The molecule has 2 aliphatic heterocycles. The molecule has 15 heavy (non-hydrogen) atoms. The lowest BCUT2D eigenvalue weighted by molar-refractivity contribution is -0.106. The topological polar surface area (TPSA) is 51.1 Å². The smallest absolute Gasteiger partial charge is 0.235 e. The highest BCUT2D eigenvalue weighted by atomic mass is 16.8. The Balaban J connectivity index is 1.94. The lowest BCUT2D eigenvalue weighted by Crippen LogP contribution is -2.18. The molecular weight excluding hydrogens is 194 g/mol. The van der Waals surface area contributed by atoms with Crippen LogP contribution in [0.4, 0.5) is 0 Å². The lowest BCUT2D eigenvalue weighted by Gasteiger charge is -2.07. The molecule has 2 aliphatic rings. The second kappa shape index (κ2) is 3.24. The van der Waals surface area contributed by atoms with E-state index in [0.29, 0.717) is 6.61 Å². The fraction of sp³-hybridized carbons (Fsp3) is 0.364. The van der Waals surface area contributed by atoms with Crippen LogP contribution in [0.3, 0.4) is 0 Å². The molecule has 1 aromatic carbocycles. The van der Waals surface area contributed by atoms with Gasteiger partial charge in [0.15, 0.2) is 0 Å². The maximum Gasteiger partial charge on any atom is 0.235 e. The van der Waals surface area contributed by atoms with Crippen LogP contribution in [0.15, 0.2) is 29.4 Å². The largest absolute Gasteiger partial charge is 0.508 e. The number of phenolic OH excluding ortho intramolecular Hbond substituents is 1. The lowest BCUT2D eigenvalue weighted by atomic mass is 9.95. The monoisotopic (exact) mass is 205 g/mol. The summed E-state index contributed by atoms with van der Waals surface area (Å²) in [6.07, 6.45) is 0.710. The zero-order chi connectivity index (χ0) is 10.3. The predicted octanol–water partition coefficient (Wildman–Crippen LogP) is 1.49. The van der Waals surface area contributed by atoms with Gasteiger partial charge < -0.3 is 14.7 Å². The van der Waals surface area contributed by atoms with Gasteiger partial charge in [0, 0.05) is 5.56 Å². The molecule has 4 heteroatoms. The van der Waals surface area contributed by atoms with Gasteiger partial charge in [-0.1, -0.05) is 17.3 Å². The summed E-state index contributed by atoms with van der Waals surface area (Å²) < 4.78 is 5.36. The van der Waals surface area contributed by atoms with Crippen LogP contribution < -0.4 is 0 Å². The molecule has 1 saturated heterocycles. The molecule has 1 fully saturated rings. The van der Waals surface area contributed by atoms with Crippen molar-refractivity contribution in [1.82, 2.24) is 0 Å². The quantitative estimate of drug-likeness (QED) is 0.755. The maximum atomic E-state index is 9.39. The Hall–Kier alpha value is -1.55. The van der Waals surface area contributed by atoms with E-state index >= 15 is 0 Å². The highest BCUT2D eigenvalue weighted by Gasteiger charge is 2.39. The third-order valence-electron chi connectivity index (χ3n) is 2.79. The molecule has 1 aromatic rings. The van der Waals surface area contributed by atoms with Gasteiger partial charge in [0.2, 0.25) is 6.29 Å². The minimum absolute atomic E-state index is 0.215. The zero-order valence-corrected chi connectivity index (χ0v) is 8.09. The summed E-state index contributed by atoms with van der Waals surface area (Å²) in [4.78, 5) is 5.17. The fourth-order valence-electron chi connectivity index (χ4n) is 2.04. The van der Waals surface area contributed by atoms with Crippen molar-refractivity contribution in [2.45, 2.75) is 12.7 Å². The van der Waals surface area contributed by atoms with Crippen molar-refractivity contribution < 1.29 is 14.7 Å². The normalized spacial score (nSPS) is 28.4. The molecule has 2 atom stereocenters. The zero-order valence-electron chi connectivity index (χ0n) is 8.09. The summed E-state index contributed by atoms with van der Waals surface area (Å²) in [6, 6.07) is 7.06. The number of rotatable bonds is 1. The van der Waals surface area contributed by atoms with Crippen molar-refractivity contribution in [3.8, 4) is 5.75 Å². The summed E-state index contributed by atoms with van der Waals surface area (Å²) >= 11 is 0. The van der Waals surface area contributed by atoms with Gasteiger partial charge in [-0.25, -0.2) is 0 Å². The van der Waals surface area contributed by atoms with Crippen molar-refractivity contribution in [3.05, 3.63) is 29.8 Å². The van der Waals surface area contributed by atoms with Crippen molar-refractivity contribution in [2.75, 3.05) is 6.61 Å². The van der Waals surface area contributed by atoms with Gasteiger partial charge in [-0.2, -0.15) is 0 Å². The van der Waals surface area contributed by atoms with E-state index in [4.69, 9.17) is 9.57 Å². The number of hydrogen-bond donors (Lipinski definition) is 1. The van der Waals surface area contributed by atoms with Crippen molar-refractivity contribution in [2.24, 2.45) is 11.1 Å². The first-order valence-electron chi connectivity index (χ1n) is 4.99. The summed E-state index contributed by atoms with van der Waals surface area (Å²) in [5.74, 6) is 0.462. The van der Waals surface area contributed by atoms with Crippen molar-refractivity contribution in [3.63, 3.8) is 0 Å². The fourth-order valence-corrected chi connectivity index (χ4v) is 2.04. The Morgan fingerprint density at radius 2 is 2.33 bits per heavy atom. The molecule has 0 spiro atoms. The number of nitrogens with zero attached hydrogens (tertiary/aromatic N) is 1. The van der Waals surface area contributed by atoms with E-state index in [2.05, 4.69) is 5.16 Å². The Morgan fingerprint density at radius 1 is 1.40 bits per heavy atom. The molecule has 0 amide bonds. The van der Waals surface area contributed by atoms with Gasteiger partial charge in [0.05, 0.1) is 18.2 Å². The summed E-state index contributed by atoms with van der Waals surface area (Å²) in [5, 5.41) is 13.4. The number of fused-ring (bicyclic) bond motifs is 1. The third kappa shape index (κ3) is 1.37. The second-order valence-electron chi connectivity index (χ2n) is 3.77. The number of phenols is 1. The number of aromatic hydroxyl groups is 1. The van der Waals surface area contributed by atoms with Gasteiger partial charge in [0.25, 0.3) is 0 Å². The van der Waals surface area contributed by atoms with Crippen LogP contribution in [-0.4, -0.2) is 23.7 Å². The van der Waals surface area contributed by atoms with Crippen molar-refractivity contribution >= 4 is 5.71 Å². The first-order valence-corrected chi connectivity index (χ1v) is 4.99. The SMILES string of the molecule is Oc1cccc(C2=NOC3OCCC23)c1. The van der Waals surface area contributed by atoms with Crippen LogP contribution in [0.2, 0.25) is 0 Å². The Morgan fingerprint density at radius 3 is 3.20 bits per heavy atom. The molecule has 2 unspecified atom stereocenters. The van der Waals surface area contributed by atoms with E-state index in [0.717, 1.165) is 17.7 Å². The van der Waals surface area contributed by atoms with E-state index in [-0.39, 0.29) is 18.0 Å². The first-order chi connectivity index (χ1) is 7.34. The van der Waals surface area contributed by atoms with E-state index < -0.39 is 0 Å². The summed E-state index contributed by atoms with van der Waals surface area (Å²) in [5.41, 5.74) is 1.79. The maximum absolute atomic E-state index is 9.39. The van der Waals surface area contributed by atoms with Gasteiger partial charge in [-0.3, -0.25) is 0 Å². The van der Waals surface area contributed by atoms with Gasteiger partial charge in [0.1, 0.15) is 5.75 Å². The van der Waals surface area contributed by atoms with Crippen LogP contribution in [0.5, 0.6) is 5.75 Å². The van der Waals surface area contributed by atoms with Crippen molar-refractivity contribution in [1.29, 1.82) is 0 Å². The molecule has 78 valence electrons. The molecular formula is C11H11NO3.